The van der Waals surface area contributed by atoms with E-state index in [0.29, 0.717) is 37.8 Å². The van der Waals surface area contributed by atoms with Crippen molar-refractivity contribution in [2.24, 2.45) is 0 Å². The normalized spacial score (nSPS) is 12.9. The van der Waals surface area contributed by atoms with Crippen LogP contribution in [0.15, 0.2) is 29.2 Å². The number of benzene rings is 1. The molecule has 7 heteroatoms. The maximum absolute atomic E-state index is 11.7. The molecule has 0 aromatic heterocycles. The maximum Gasteiger partial charge on any atom is 0.220 e. The molecule has 1 aromatic rings. The molecule has 0 aliphatic carbocycles. The summed E-state index contributed by atoms with van der Waals surface area (Å²) in [7, 11) is 0.756. The van der Waals surface area contributed by atoms with Crippen molar-refractivity contribution >= 4 is 15.7 Å². The monoisotopic (exact) mass is 342 g/mol. The third kappa shape index (κ3) is 7.47. The molecule has 0 radical (unpaired) electrons. The minimum atomic E-state index is -3.19. The Morgan fingerprint density at radius 3 is 2.39 bits per heavy atom. The molecule has 0 spiro atoms. The third-order valence-corrected chi connectivity index (χ3v) is 4.67. The van der Waals surface area contributed by atoms with Gasteiger partial charge in [-0.3, -0.25) is 4.79 Å². The van der Waals surface area contributed by atoms with Crippen LogP contribution in [0, 0.1) is 0 Å². The molecule has 6 nitrogen and oxygen atoms in total. The number of nitrogens with zero attached hydrogens (tertiary/aromatic N) is 1. The minimum absolute atomic E-state index is 0.00900. The molecule has 0 aliphatic heterocycles. The van der Waals surface area contributed by atoms with Crippen molar-refractivity contribution in [2.75, 3.05) is 33.5 Å². The van der Waals surface area contributed by atoms with Crippen molar-refractivity contribution in [1.82, 2.24) is 10.2 Å². The molecule has 130 valence electrons. The fraction of sp³-hybridized carbons (Fsp3) is 0.562. The molecule has 0 aliphatic rings. The van der Waals surface area contributed by atoms with E-state index >= 15 is 0 Å². The lowest BCUT2D eigenvalue weighted by molar-refractivity contribution is -0.121. The SMILES string of the molecule is CC(CNC(=O)CCCOc1ccc(S(C)(=O)=O)cc1)N(C)C. The van der Waals surface area contributed by atoms with E-state index in [-0.39, 0.29) is 10.8 Å². The molecule has 1 amide bonds. The van der Waals surface area contributed by atoms with Crippen LogP contribution in [0.1, 0.15) is 19.8 Å². The highest BCUT2D eigenvalue weighted by Crippen LogP contribution is 2.16. The number of nitrogens with one attached hydrogen (secondary N) is 1. The Hall–Kier alpha value is -1.60. The van der Waals surface area contributed by atoms with Gasteiger partial charge < -0.3 is 15.0 Å². The fourth-order valence-corrected chi connectivity index (χ4v) is 2.37. The number of sulfone groups is 1. The van der Waals surface area contributed by atoms with Gasteiger partial charge in [-0.15, -0.1) is 0 Å². The van der Waals surface area contributed by atoms with Crippen LogP contribution in [0.2, 0.25) is 0 Å². The van der Waals surface area contributed by atoms with Gasteiger partial charge in [-0.25, -0.2) is 8.42 Å². The van der Waals surface area contributed by atoms with Crippen LogP contribution >= 0.6 is 0 Å². The summed E-state index contributed by atoms with van der Waals surface area (Å²) in [6, 6.07) is 6.56. The minimum Gasteiger partial charge on any atom is -0.494 e. The van der Waals surface area contributed by atoms with Crippen LogP contribution in [0.3, 0.4) is 0 Å². The number of rotatable bonds is 9. The van der Waals surface area contributed by atoms with Gasteiger partial charge >= 0.3 is 0 Å². The summed E-state index contributed by atoms with van der Waals surface area (Å²) in [5.41, 5.74) is 0. The number of hydrogen-bond acceptors (Lipinski definition) is 5. The van der Waals surface area contributed by atoms with E-state index in [9.17, 15) is 13.2 Å². The summed E-state index contributed by atoms with van der Waals surface area (Å²) in [6.07, 6.45) is 2.18. The summed E-state index contributed by atoms with van der Waals surface area (Å²) in [4.78, 5) is 14.0. The lowest BCUT2D eigenvalue weighted by Crippen LogP contribution is -2.38. The van der Waals surface area contributed by atoms with Gasteiger partial charge in [0.1, 0.15) is 5.75 Å². The first-order valence-electron chi connectivity index (χ1n) is 7.56. The zero-order valence-corrected chi connectivity index (χ0v) is 15.0. The molecular formula is C16H26N2O4S. The topological polar surface area (TPSA) is 75.7 Å². The van der Waals surface area contributed by atoms with Crippen molar-refractivity contribution in [1.29, 1.82) is 0 Å². The second kappa shape index (κ2) is 8.88. The molecule has 1 aromatic carbocycles. The summed E-state index contributed by atoms with van der Waals surface area (Å²) in [5.74, 6) is 0.605. The number of likely N-dealkylation sites (N-methyl/N-ethyl adjacent to an activating group) is 1. The van der Waals surface area contributed by atoms with Gasteiger partial charge in [0.25, 0.3) is 0 Å². The molecule has 1 atom stereocenters. The van der Waals surface area contributed by atoms with Crippen LogP contribution in [0.4, 0.5) is 0 Å². The molecule has 1 N–H and O–H groups in total. The lowest BCUT2D eigenvalue weighted by atomic mass is 10.2. The first-order chi connectivity index (χ1) is 10.7. The van der Waals surface area contributed by atoms with Gasteiger partial charge in [-0.05, 0) is 51.7 Å². The average Bonchev–Trinajstić information content (AvgIpc) is 2.48. The van der Waals surface area contributed by atoms with Gasteiger partial charge in [0.05, 0.1) is 11.5 Å². The molecule has 0 bridgehead atoms. The zero-order chi connectivity index (χ0) is 17.5. The predicted octanol–water partition coefficient (Wildman–Crippen LogP) is 1.32. The first kappa shape index (κ1) is 19.4. The van der Waals surface area contributed by atoms with Gasteiger partial charge in [0, 0.05) is 25.3 Å². The average molecular weight is 342 g/mol. The van der Waals surface area contributed by atoms with Crippen LogP contribution in [0.5, 0.6) is 5.75 Å². The molecule has 1 rings (SSSR count). The van der Waals surface area contributed by atoms with Gasteiger partial charge in [-0.2, -0.15) is 0 Å². The van der Waals surface area contributed by atoms with Crippen molar-refractivity contribution in [3.8, 4) is 5.75 Å². The largest absolute Gasteiger partial charge is 0.494 e. The number of ether oxygens (including phenoxy) is 1. The smallest absolute Gasteiger partial charge is 0.220 e. The second-order valence-corrected chi connectivity index (χ2v) is 7.83. The van der Waals surface area contributed by atoms with Crippen molar-refractivity contribution in [2.45, 2.75) is 30.7 Å². The molecule has 23 heavy (non-hydrogen) atoms. The summed E-state index contributed by atoms with van der Waals surface area (Å²) < 4.78 is 28.2. The van der Waals surface area contributed by atoms with E-state index in [4.69, 9.17) is 4.74 Å². The Labute approximate surface area is 138 Å². The Morgan fingerprint density at radius 1 is 1.26 bits per heavy atom. The van der Waals surface area contributed by atoms with Gasteiger partial charge in [-0.1, -0.05) is 0 Å². The second-order valence-electron chi connectivity index (χ2n) is 5.81. The van der Waals surface area contributed by atoms with E-state index in [2.05, 4.69) is 5.32 Å². The predicted molar refractivity (Wildman–Crippen MR) is 90.4 cm³/mol. The fourth-order valence-electron chi connectivity index (χ4n) is 1.74. The molecule has 0 saturated carbocycles. The lowest BCUT2D eigenvalue weighted by Gasteiger charge is -2.19. The van der Waals surface area contributed by atoms with E-state index in [1.54, 1.807) is 12.1 Å². The molecule has 0 heterocycles. The summed E-state index contributed by atoms with van der Waals surface area (Å²) in [6.45, 7) is 3.08. The molecule has 1 unspecified atom stereocenters. The van der Waals surface area contributed by atoms with E-state index in [1.165, 1.54) is 18.4 Å². The van der Waals surface area contributed by atoms with Crippen molar-refractivity contribution in [3.05, 3.63) is 24.3 Å². The van der Waals surface area contributed by atoms with E-state index < -0.39 is 9.84 Å². The number of carbonyl (C=O) groups excluding carboxylic acids is 1. The quantitative estimate of drug-likeness (QED) is 0.685. The van der Waals surface area contributed by atoms with Crippen molar-refractivity contribution in [3.63, 3.8) is 0 Å². The molecular weight excluding hydrogens is 316 g/mol. The van der Waals surface area contributed by atoms with Crippen molar-refractivity contribution < 1.29 is 17.9 Å². The van der Waals surface area contributed by atoms with E-state index in [1.807, 2.05) is 25.9 Å². The number of hydrogen-bond donors (Lipinski definition) is 1. The molecule has 0 fully saturated rings. The molecule has 0 saturated heterocycles. The summed E-state index contributed by atoms with van der Waals surface area (Å²) in [5, 5.41) is 2.88. The maximum atomic E-state index is 11.7. The van der Waals surface area contributed by atoms with Crippen LogP contribution in [0.25, 0.3) is 0 Å². The Bertz CT molecular complexity index is 597. The van der Waals surface area contributed by atoms with E-state index in [0.717, 1.165) is 0 Å². The highest BCUT2D eigenvalue weighted by atomic mass is 32.2. The Balaban J connectivity index is 2.26. The Morgan fingerprint density at radius 2 is 1.87 bits per heavy atom. The van der Waals surface area contributed by atoms with Crippen LogP contribution in [-0.2, 0) is 14.6 Å². The number of amides is 1. The van der Waals surface area contributed by atoms with Gasteiger partial charge in [0.2, 0.25) is 5.91 Å². The highest BCUT2D eigenvalue weighted by molar-refractivity contribution is 7.90. The van der Waals surface area contributed by atoms with Crippen LogP contribution in [-0.4, -0.2) is 58.8 Å². The summed E-state index contributed by atoms with van der Waals surface area (Å²) >= 11 is 0. The Kier molecular flexibility index (Phi) is 7.51. The zero-order valence-electron chi connectivity index (χ0n) is 14.2. The highest BCUT2D eigenvalue weighted by Gasteiger charge is 2.08. The number of carbonyl (C=O) groups is 1. The third-order valence-electron chi connectivity index (χ3n) is 3.54. The van der Waals surface area contributed by atoms with Gasteiger partial charge in [0.15, 0.2) is 9.84 Å². The standard InChI is InChI=1S/C16H26N2O4S/c1-13(18(2)3)12-17-16(19)6-5-11-22-14-7-9-15(10-8-14)23(4,20)21/h7-10,13H,5-6,11-12H2,1-4H3,(H,17,19). The first-order valence-corrected chi connectivity index (χ1v) is 9.45. The van der Waals surface area contributed by atoms with Crippen LogP contribution < -0.4 is 10.1 Å².